The molecule has 34 heavy (non-hydrogen) atoms. The summed E-state index contributed by atoms with van der Waals surface area (Å²) < 4.78 is 3.56. The van der Waals surface area contributed by atoms with Gasteiger partial charge in [-0.3, -0.25) is 14.0 Å². The number of carbonyl (C=O) groups is 1. The van der Waals surface area contributed by atoms with Gasteiger partial charge in [-0.1, -0.05) is 62.9 Å². The summed E-state index contributed by atoms with van der Waals surface area (Å²) in [5, 5.41) is 10.1. The van der Waals surface area contributed by atoms with Gasteiger partial charge in [0.2, 0.25) is 11.7 Å². The number of amides is 1. The normalized spacial score (nSPS) is 15.0. The first-order valence-electron chi connectivity index (χ1n) is 11.8. The minimum absolute atomic E-state index is 0.122. The molecule has 0 saturated carbocycles. The number of thioether (sulfide) groups is 1. The van der Waals surface area contributed by atoms with E-state index in [1.54, 1.807) is 4.57 Å². The van der Waals surface area contributed by atoms with Crippen molar-refractivity contribution in [1.29, 1.82) is 0 Å². The molecule has 1 saturated heterocycles. The number of hydrogen-bond donors (Lipinski definition) is 0. The lowest BCUT2D eigenvalue weighted by atomic mass is 9.99. The SMILES string of the molecule is CC1CCN(C(=O)CSc2nnc3n(-c4ccccc4C(C)C)c(=O)c4ccccc4n23)CC1. The Morgan fingerprint density at radius 3 is 2.53 bits per heavy atom. The highest BCUT2D eigenvalue weighted by molar-refractivity contribution is 7.99. The van der Waals surface area contributed by atoms with E-state index in [2.05, 4.69) is 31.0 Å². The molecule has 0 radical (unpaired) electrons. The summed E-state index contributed by atoms with van der Waals surface area (Å²) in [5.74, 6) is 1.78. The maximum atomic E-state index is 13.6. The van der Waals surface area contributed by atoms with Crippen molar-refractivity contribution in [3.8, 4) is 5.69 Å². The lowest BCUT2D eigenvalue weighted by molar-refractivity contribution is -0.129. The molecule has 1 aliphatic rings. The average molecular weight is 476 g/mol. The zero-order chi connectivity index (χ0) is 23.8. The molecule has 1 amide bonds. The molecule has 4 aromatic rings. The number of para-hydroxylation sites is 2. The van der Waals surface area contributed by atoms with Crippen LogP contribution in [-0.4, -0.2) is 48.8 Å². The molecule has 0 unspecified atom stereocenters. The van der Waals surface area contributed by atoms with E-state index in [0.717, 1.165) is 42.7 Å². The van der Waals surface area contributed by atoms with E-state index in [9.17, 15) is 9.59 Å². The monoisotopic (exact) mass is 475 g/mol. The van der Waals surface area contributed by atoms with Gasteiger partial charge in [0.05, 0.1) is 22.3 Å². The van der Waals surface area contributed by atoms with Gasteiger partial charge in [0.25, 0.3) is 5.56 Å². The van der Waals surface area contributed by atoms with Gasteiger partial charge >= 0.3 is 0 Å². The third-order valence-corrected chi connectivity index (χ3v) is 7.57. The second kappa shape index (κ2) is 9.25. The smallest absolute Gasteiger partial charge is 0.267 e. The highest BCUT2D eigenvalue weighted by atomic mass is 32.2. The average Bonchev–Trinajstić information content (AvgIpc) is 3.27. The summed E-state index contributed by atoms with van der Waals surface area (Å²) in [6.45, 7) is 8.09. The van der Waals surface area contributed by atoms with Crippen LogP contribution in [0.3, 0.4) is 0 Å². The number of nitrogens with zero attached hydrogens (tertiary/aromatic N) is 5. The quantitative estimate of drug-likeness (QED) is 0.397. The van der Waals surface area contributed by atoms with Gasteiger partial charge in [-0.05, 0) is 48.4 Å². The van der Waals surface area contributed by atoms with Gasteiger partial charge in [0.1, 0.15) is 0 Å². The topological polar surface area (TPSA) is 72.5 Å². The lowest BCUT2D eigenvalue weighted by Crippen LogP contribution is -2.38. The predicted molar refractivity (Wildman–Crippen MR) is 136 cm³/mol. The molecule has 0 atom stereocenters. The van der Waals surface area contributed by atoms with E-state index in [-0.39, 0.29) is 17.4 Å². The number of piperidine rings is 1. The molecule has 8 heteroatoms. The van der Waals surface area contributed by atoms with Crippen LogP contribution in [0.4, 0.5) is 0 Å². The Hall–Kier alpha value is -3.13. The third kappa shape index (κ3) is 4.00. The molecule has 7 nitrogen and oxygen atoms in total. The predicted octanol–water partition coefficient (Wildman–Crippen LogP) is 4.51. The number of aromatic nitrogens is 4. The van der Waals surface area contributed by atoms with Crippen LogP contribution in [0.1, 0.15) is 45.1 Å². The second-order valence-electron chi connectivity index (χ2n) is 9.34. The molecular formula is C26H29N5O2S. The van der Waals surface area contributed by atoms with Crippen molar-refractivity contribution in [3.63, 3.8) is 0 Å². The molecule has 0 N–H and O–H groups in total. The Balaban J connectivity index is 1.60. The van der Waals surface area contributed by atoms with Crippen molar-refractivity contribution in [1.82, 2.24) is 24.1 Å². The number of carbonyl (C=O) groups excluding carboxylic acids is 1. The Morgan fingerprint density at radius 2 is 1.76 bits per heavy atom. The van der Waals surface area contributed by atoms with Crippen LogP contribution >= 0.6 is 11.8 Å². The van der Waals surface area contributed by atoms with Crippen molar-refractivity contribution in [2.24, 2.45) is 5.92 Å². The minimum atomic E-state index is -0.126. The summed E-state index contributed by atoms with van der Waals surface area (Å²) in [6.07, 6.45) is 2.10. The fraction of sp³-hybridized carbons (Fsp3) is 0.385. The van der Waals surface area contributed by atoms with E-state index < -0.39 is 0 Å². The molecule has 0 aliphatic carbocycles. The van der Waals surface area contributed by atoms with Crippen LogP contribution in [0.2, 0.25) is 0 Å². The number of hydrogen-bond acceptors (Lipinski definition) is 5. The molecule has 176 valence electrons. The first-order valence-corrected chi connectivity index (χ1v) is 12.8. The first kappa shape index (κ1) is 22.7. The second-order valence-corrected chi connectivity index (χ2v) is 10.3. The highest BCUT2D eigenvalue weighted by Crippen LogP contribution is 2.27. The van der Waals surface area contributed by atoms with Crippen molar-refractivity contribution in [3.05, 3.63) is 64.4 Å². The van der Waals surface area contributed by atoms with Gasteiger partial charge in [0, 0.05) is 13.1 Å². The van der Waals surface area contributed by atoms with Gasteiger partial charge in [-0.25, -0.2) is 4.57 Å². The van der Waals surface area contributed by atoms with Gasteiger partial charge in [-0.2, -0.15) is 0 Å². The van der Waals surface area contributed by atoms with E-state index in [0.29, 0.717) is 28.0 Å². The first-order chi connectivity index (χ1) is 16.5. The number of likely N-dealkylation sites (tertiary alicyclic amines) is 1. The molecule has 2 aromatic carbocycles. The van der Waals surface area contributed by atoms with Crippen molar-refractivity contribution in [2.75, 3.05) is 18.8 Å². The molecule has 0 spiro atoms. The standard InChI is InChI=1S/C26H29N5O2S/c1-17(2)19-8-4-6-10-21(19)30-24(33)20-9-5-7-11-22(20)31-25(30)27-28-26(31)34-16-23(32)29-14-12-18(3)13-15-29/h4-11,17-18H,12-16H2,1-3H3. The summed E-state index contributed by atoms with van der Waals surface area (Å²) in [5.41, 5.74) is 2.49. The van der Waals surface area contributed by atoms with E-state index in [4.69, 9.17) is 0 Å². The Kier molecular flexibility index (Phi) is 6.16. The third-order valence-electron chi connectivity index (χ3n) is 6.66. The van der Waals surface area contributed by atoms with Crippen molar-refractivity contribution >= 4 is 34.3 Å². The van der Waals surface area contributed by atoms with Crippen molar-refractivity contribution in [2.45, 2.75) is 44.7 Å². The van der Waals surface area contributed by atoms with Crippen LogP contribution in [0.15, 0.2) is 58.5 Å². The number of fused-ring (bicyclic) bond motifs is 3. The fourth-order valence-corrected chi connectivity index (χ4v) is 5.49. The zero-order valence-electron chi connectivity index (χ0n) is 19.8. The summed E-state index contributed by atoms with van der Waals surface area (Å²) in [7, 11) is 0. The van der Waals surface area contributed by atoms with Gasteiger partial charge < -0.3 is 4.90 Å². The van der Waals surface area contributed by atoms with Crippen LogP contribution < -0.4 is 5.56 Å². The number of rotatable bonds is 5. The van der Waals surface area contributed by atoms with Gasteiger partial charge in [-0.15, -0.1) is 10.2 Å². The fourth-order valence-electron chi connectivity index (χ4n) is 4.64. The number of benzene rings is 2. The molecule has 2 aromatic heterocycles. The Bertz CT molecular complexity index is 1420. The van der Waals surface area contributed by atoms with Crippen LogP contribution in [0.25, 0.3) is 22.4 Å². The molecule has 1 aliphatic heterocycles. The minimum Gasteiger partial charge on any atom is -0.342 e. The highest BCUT2D eigenvalue weighted by Gasteiger charge is 2.23. The van der Waals surface area contributed by atoms with Crippen LogP contribution in [0, 0.1) is 5.92 Å². The molecule has 3 heterocycles. The largest absolute Gasteiger partial charge is 0.342 e. The lowest BCUT2D eigenvalue weighted by Gasteiger charge is -2.30. The van der Waals surface area contributed by atoms with E-state index >= 15 is 0 Å². The van der Waals surface area contributed by atoms with E-state index in [1.807, 2.05) is 57.8 Å². The maximum absolute atomic E-state index is 13.6. The van der Waals surface area contributed by atoms with Crippen LogP contribution in [-0.2, 0) is 4.79 Å². The maximum Gasteiger partial charge on any atom is 0.267 e. The molecule has 0 bridgehead atoms. The molecular weight excluding hydrogens is 446 g/mol. The zero-order valence-corrected chi connectivity index (χ0v) is 20.6. The Morgan fingerprint density at radius 1 is 1.06 bits per heavy atom. The van der Waals surface area contributed by atoms with Crippen LogP contribution in [0.5, 0.6) is 0 Å². The van der Waals surface area contributed by atoms with Gasteiger partial charge in [0.15, 0.2) is 5.16 Å². The summed E-state index contributed by atoms with van der Waals surface area (Å²) in [6, 6.07) is 15.4. The van der Waals surface area contributed by atoms with Crippen molar-refractivity contribution < 1.29 is 4.79 Å². The summed E-state index contributed by atoms with van der Waals surface area (Å²) in [4.78, 5) is 28.4. The van der Waals surface area contributed by atoms with E-state index in [1.165, 1.54) is 11.8 Å². The molecule has 5 rings (SSSR count). The summed E-state index contributed by atoms with van der Waals surface area (Å²) >= 11 is 1.38. The Labute approximate surface area is 202 Å². The molecule has 1 fully saturated rings.